The first-order valence-corrected chi connectivity index (χ1v) is 6.68. The molecule has 0 saturated carbocycles. The lowest BCUT2D eigenvalue weighted by Gasteiger charge is -2.19. The monoisotopic (exact) mass is 264 g/mol. The lowest BCUT2D eigenvalue weighted by Crippen LogP contribution is -2.34. The first-order chi connectivity index (χ1) is 8.46. The first-order valence-electron chi connectivity index (χ1n) is 5.91. The number of halogens is 1. The maximum atomic E-state index is 13.6. The average molecular weight is 264 g/mol. The Balaban J connectivity index is 2.14. The fourth-order valence-electron chi connectivity index (χ4n) is 1.54. The summed E-state index contributed by atoms with van der Waals surface area (Å²) in [6.07, 6.45) is 0. The minimum absolute atomic E-state index is 0.0716. The van der Waals surface area contributed by atoms with Crippen LogP contribution in [0.5, 0.6) is 0 Å². The maximum absolute atomic E-state index is 13.6. The van der Waals surface area contributed by atoms with Crippen molar-refractivity contribution < 1.29 is 4.39 Å². The third-order valence-electron chi connectivity index (χ3n) is 2.50. The Labute approximate surface area is 111 Å². The number of rotatable bonds is 3. The van der Waals surface area contributed by atoms with E-state index in [0.717, 1.165) is 11.4 Å². The molecule has 2 rings (SSSR count). The van der Waals surface area contributed by atoms with E-state index < -0.39 is 0 Å². The molecule has 0 fully saturated rings. The zero-order valence-electron chi connectivity index (χ0n) is 10.8. The van der Waals surface area contributed by atoms with E-state index in [-0.39, 0.29) is 11.4 Å². The summed E-state index contributed by atoms with van der Waals surface area (Å²) in [7, 11) is 0. The molecule has 1 N–H and O–H groups in total. The molecule has 1 aromatic carbocycles. The molecule has 96 valence electrons. The number of nitrogens with zero attached hydrogens (tertiary/aromatic N) is 1. The van der Waals surface area contributed by atoms with Gasteiger partial charge in [0.2, 0.25) is 0 Å². The van der Waals surface area contributed by atoms with Crippen LogP contribution in [0, 0.1) is 5.82 Å². The number of aromatic nitrogens is 1. The van der Waals surface area contributed by atoms with Crippen LogP contribution >= 0.6 is 11.5 Å². The third kappa shape index (κ3) is 3.37. The van der Waals surface area contributed by atoms with E-state index in [1.54, 1.807) is 12.1 Å². The highest BCUT2D eigenvalue weighted by Crippen LogP contribution is 2.24. The molecule has 0 atom stereocenters. The zero-order chi connectivity index (χ0) is 13.2. The van der Waals surface area contributed by atoms with Crippen LogP contribution in [0.2, 0.25) is 0 Å². The van der Waals surface area contributed by atoms with Crippen molar-refractivity contribution in [1.29, 1.82) is 0 Å². The second-order valence-electron chi connectivity index (χ2n) is 5.26. The molecule has 1 aromatic heterocycles. The van der Waals surface area contributed by atoms with Crippen LogP contribution in [0.1, 0.15) is 25.6 Å². The summed E-state index contributed by atoms with van der Waals surface area (Å²) in [5.74, 6) is -0.224. The van der Waals surface area contributed by atoms with E-state index in [1.165, 1.54) is 17.6 Å². The van der Waals surface area contributed by atoms with Gasteiger partial charge in [0.15, 0.2) is 0 Å². The van der Waals surface area contributed by atoms with E-state index in [0.29, 0.717) is 11.3 Å². The van der Waals surface area contributed by atoms with Gasteiger partial charge in [-0.25, -0.2) is 4.39 Å². The molecular formula is C14H17FN2S. The molecule has 18 heavy (non-hydrogen) atoms. The van der Waals surface area contributed by atoms with E-state index in [4.69, 9.17) is 0 Å². The Kier molecular flexibility index (Phi) is 3.78. The van der Waals surface area contributed by atoms with Crippen molar-refractivity contribution in [3.8, 4) is 11.3 Å². The average Bonchev–Trinajstić information content (AvgIpc) is 2.75. The summed E-state index contributed by atoms with van der Waals surface area (Å²) in [4.78, 5) is 1.11. The fourth-order valence-corrected chi connectivity index (χ4v) is 2.21. The smallest absolute Gasteiger partial charge is 0.132 e. The molecule has 0 spiro atoms. The van der Waals surface area contributed by atoms with E-state index in [9.17, 15) is 4.39 Å². The van der Waals surface area contributed by atoms with Gasteiger partial charge in [0, 0.05) is 22.5 Å². The van der Waals surface area contributed by atoms with Gasteiger partial charge in [-0.05, 0) is 50.5 Å². The van der Waals surface area contributed by atoms with Gasteiger partial charge in [-0.1, -0.05) is 12.1 Å². The molecule has 2 nitrogen and oxygen atoms in total. The zero-order valence-corrected chi connectivity index (χ0v) is 11.6. The van der Waals surface area contributed by atoms with Crippen LogP contribution in [-0.2, 0) is 6.54 Å². The van der Waals surface area contributed by atoms with Crippen LogP contribution in [0.3, 0.4) is 0 Å². The summed E-state index contributed by atoms with van der Waals surface area (Å²) >= 11 is 1.41. The van der Waals surface area contributed by atoms with Gasteiger partial charge in [-0.3, -0.25) is 0 Å². The normalized spacial score (nSPS) is 11.8. The molecule has 4 heteroatoms. The van der Waals surface area contributed by atoms with Crippen molar-refractivity contribution in [2.24, 2.45) is 0 Å². The highest BCUT2D eigenvalue weighted by molar-refractivity contribution is 7.06. The van der Waals surface area contributed by atoms with Gasteiger partial charge in [-0.2, -0.15) is 4.37 Å². The predicted molar refractivity (Wildman–Crippen MR) is 74.1 cm³/mol. The maximum Gasteiger partial charge on any atom is 0.132 e. The third-order valence-corrected chi connectivity index (χ3v) is 3.29. The molecule has 0 unspecified atom stereocenters. The van der Waals surface area contributed by atoms with E-state index in [2.05, 4.69) is 30.5 Å². The standard InChI is InChI=1S/C14H17FN2S/c1-14(2,3)16-9-10-8-13(17-18-10)11-6-4-5-7-12(11)15/h4-8,16H,9H2,1-3H3. The fraction of sp³-hybridized carbons (Fsp3) is 0.357. The van der Waals surface area contributed by atoms with E-state index >= 15 is 0 Å². The summed E-state index contributed by atoms with van der Waals surface area (Å²) in [6.45, 7) is 7.11. The lowest BCUT2D eigenvalue weighted by molar-refractivity contribution is 0.426. The van der Waals surface area contributed by atoms with Gasteiger partial charge in [0.05, 0.1) is 5.69 Å². The quantitative estimate of drug-likeness (QED) is 0.911. The first kappa shape index (κ1) is 13.2. The topological polar surface area (TPSA) is 24.9 Å². The number of nitrogens with one attached hydrogen (secondary N) is 1. The van der Waals surface area contributed by atoms with Gasteiger partial charge >= 0.3 is 0 Å². The minimum Gasteiger partial charge on any atom is -0.307 e. The van der Waals surface area contributed by atoms with Gasteiger partial charge in [0.1, 0.15) is 5.82 Å². The van der Waals surface area contributed by atoms with Crippen molar-refractivity contribution in [2.45, 2.75) is 32.9 Å². The van der Waals surface area contributed by atoms with Crippen molar-refractivity contribution in [3.05, 3.63) is 41.0 Å². The summed E-state index contributed by atoms with van der Waals surface area (Å²) < 4.78 is 17.9. The Morgan fingerprint density at radius 3 is 2.67 bits per heavy atom. The lowest BCUT2D eigenvalue weighted by atomic mass is 10.1. The van der Waals surface area contributed by atoms with Crippen LogP contribution in [-0.4, -0.2) is 9.91 Å². The molecular weight excluding hydrogens is 247 g/mol. The Morgan fingerprint density at radius 2 is 2.00 bits per heavy atom. The molecule has 0 radical (unpaired) electrons. The Bertz CT molecular complexity index is 529. The number of hydrogen-bond acceptors (Lipinski definition) is 3. The predicted octanol–water partition coefficient (Wildman–Crippen LogP) is 3.84. The largest absolute Gasteiger partial charge is 0.307 e. The van der Waals surface area contributed by atoms with Crippen LogP contribution in [0.15, 0.2) is 30.3 Å². The molecule has 2 aromatic rings. The molecule has 1 heterocycles. The molecule has 0 amide bonds. The molecule has 0 bridgehead atoms. The highest BCUT2D eigenvalue weighted by atomic mass is 32.1. The van der Waals surface area contributed by atoms with Crippen molar-refractivity contribution in [2.75, 3.05) is 0 Å². The van der Waals surface area contributed by atoms with Gasteiger partial charge in [-0.15, -0.1) is 0 Å². The van der Waals surface area contributed by atoms with Crippen LogP contribution in [0.25, 0.3) is 11.3 Å². The van der Waals surface area contributed by atoms with Crippen molar-refractivity contribution in [1.82, 2.24) is 9.69 Å². The van der Waals surface area contributed by atoms with Gasteiger partial charge in [0.25, 0.3) is 0 Å². The Morgan fingerprint density at radius 1 is 1.28 bits per heavy atom. The van der Waals surface area contributed by atoms with Crippen molar-refractivity contribution in [3.63, 3.8) is 0 Å². The van der Waals surface area contributed by atoms with Gasteiger partial charge < -0.3 is 5.32 Å². The second kappa shape index (κ2) is 5.16. The number of benzene rings is 1. The van der Waals surface area contributed by atoms with Crippen LogP contribution < -0.4 is 5.32 Å². The molecule has 0 aliphatic rings. The van der Waals surface area contributed by atoms with E-state index in [1.807, 2.05) is 12.1 Å². The SMILES string of the molecule is CC(C)(C)NCc1cc(-c2ccccc2F)ns1. The summed E-state index contributed by atoms with van der Waals surface area (Å²) in [5.41, 5.74) is 1.35. The van der Waals surface area contributed by atoms with Crippen LogP contribution in [0.4, 0.5) is 4.39 Å². The Hall–Kier alpha value is -1.26. The van der Waals surface area contributed by atoms with Crippen molar-refractivity contribution >= 4 is 11.5 Å². The molecule has 0 aliphatic heterocycles. The molecule has 0 aliphatic carbocycles. The molecule has 0 saturated heterocycles. The number of hydrogen-bond donors (Lipinski definition) is 1. The summed E-state index contributed by atoms with van der Waals surface area (Å²) in [5, 5.41) is 3.39. The minimum atomic E-state index is -0.224. The highest BCUT2D eigenvalue weighted by Gasteiger charge is 2.12. The second-order valence-corrected chi connectivity index (χ2v) is 6.15. The summed E-state index contributed by atoms with van der Waals surface area (Å²) in [6, 6.07) is 8.67.